The van der Waals surface area contributed by atoms with Crippen LogP contribution >= 0.6 is 11.8 Å². The van der Waals surface area contributed by atoms with Gasteiger partial charge in [0.1, 0.15) is 0 Å². The molecule has 30 heavy (non-hydrogen) atoms. The number of thioether (sulfide) groups is 1. The summed E-state index contributed by atoms with van der Waals surface area (Å²) in [6.45, 7) is 9.10. The zero-order chi connectivity index (χ0) is 21.7. The van der Waals surface area contributed by atoms with Gasteiger partial charge < -0.3 is 10.1 Å². The Hall–Kier alpha value is -1.86. The number of carbonyl (C=O) groups excluding carboxylic acids is 1. The highest BCUT2D eigenvalue weighted by Gasteiger charge is 2.25. The van der Waals surface area contributed by atoms with Crippen molar-refractivity contribution < 1.29 is 9.53 Å². The standard InChI is InChI=1S/C23H34N4O2S/c1-16(14-29-5)24-20(28)15-30-22-26-25-21(27(22)19-8-6-7-9-19)17-10-12-18(13-11-17)23(2,3)4/h10-13,16,19H,6-9,14-15H2,1-5H3,(H,24,28)/t16-/m0/s1. The van der Waals surface area contributed by atoms with Crippen LogP contribution in [0.5, 0.6) is 0 Å². The predicted octanol–water partition coefficient (Wildman–Crippen LogP) is 4.60. The maximum absolute atomic E-state index is 12.3. The van der Waals surface area contributed by atoms with Crippen LogP contribution in [0.2, 0.25) is 0 Å². The quantitative estimate of drug-likeness (QED) is 0.620. The predicted molar refractivity (Wildman–Crippen MR) is 122 cm³/mol. The molecule has 0 radical (unpaired) electrons. The van der Waals surface area contributed by atoms with Gasteiger partial charge in [-0.25, -0.2) is 0 Å². The molecule has 1 atom stereocenters. The number of amides is 1. The number of aromatic nitrogens is 3. The molecule has 1 fully saturated rings. The van der Waals surface area contributed by atoms with Crippen molar-refractivity contribution in [2.24, 2.45) is 0 Å². The first kappa shape index (κ1) is 22.8. The Morgan fingerprint density at radius 1 is 1.23 bits per heavy atom. The molecular weight excluding hydrogens is 396 g/mol. The highest BCUT2D eigenvalue weighted by atomic mass is 32.2. The summed E-state index contributed by atoms with van der Waals surface area (Å²) in [5, 5.41) is 12.8. The third-order valence-electron chi connectivity index (χ3n) is 5.52. The molecule has 1 aliphatic rings. The zero-order valence-electron chi connectivity index (χ0n) is 18.8. The number of rotatable bonds is 8. The minimum Gasteiger partial charge on any atom is -0.383 e. The molecule has 0 spiro atoms. The van der Waals surface area contributed by atoms with E-state index in [1.807, 2.05) is 6.92 Å². The fraction of sp³-hybridized carbons (Fsp3) is 0.609. The minimum atomic E-state index is -0.0124. The van der Waals surface area contributed by atoms with E-state index >= 15 is 0 Å². The van der Waals surface area contributed by atoms with Crippen molar-refractivity contribution >= 4 is 17.7 Å². The molecular formula is C23H34N4O2S. The van der Waals surface area contributed by atoms with Crippen LogP contribution in [0.3, 0.4) is 0 Å². The number of nitrogens with zero attached hydrogens (tertiary/aromatic N) is 3. The molecule has 1 amide bonds. The molecule has 1 N–H and O–H groups in total. The topological polar surface area (TPSA) is 69.0 Å². The molecule has 0 saturated heterocycles. The van der Waals surface area contributed by atoms with E-state index in [-0.39, 0.29) is 17.4 Å². The van der Waals surface area contributed by atoms with Gasteiger partial charge in [0.15, 0.2) is 11.0 Å². The highest BCUT2D eigenvalue weighted by Crippen LogP contribution is 2.37. The normalized spacial score (nSPS) is 16.0. The van der Waals surface area contributed by atoms with Crippen molar-refractivity contribution in [2.45, 2.75) is 76.0 Å². The SMILES string of the molecule is COC[C@H](C)NC(=O)CSc1nnc(-c2ccc(C(C)(C)C)cc2)n1C1CCCC1. The Morgan fingerprint density at radius 3 is 2.50 bits per heavy atom. The molecule has 2 aromatic rings. The van der Waals surface area contributed by atoms with Crippen LogP contribution in [-0.2, 0) is 14.9 Å². The average molecular weight is 431 g/mol. The van der Waals surface area contributed by atoms with E-state index in [9.17, 15) is 4.79 Å². The summed E-state index contributed by atoms with van der Waals surface area (Å²) in [5.41, 5.74) is 2.49. The van der Waals surface area contributed by atoms with Gasteiger partial charge in [0.05, 0.1) is 12.4 Å². The first-order valence-corrected chi connectivity index (χ1v) is 11.7. The Labute approximate surface area is 184 Å². The number of hydrogen-bond donors (Lipinski definition) is 1. The maximum atomic E-state index is 12.3. The summed E-state index contributed by atoms with van der Waals surface area (Å²) in [6.07, 6.45) is 4.72. The number of hydrogen-bond acceptors (Lipinski definition) is 5. The van der Waals surface area contributed by atoms with E-state index in [1.54, 1.807) is 7.11 Å². The van der Waals surface area contributed by atoms with Gasteiger partial charge in [-0.05, 0) is 30.7 Å². The van der Waals surface area contributed by atoms with Gasteiger partial charge in [-0.1, -0.05) is 69.6 Å². The zero-order valence-corrected chi connectivity index (χ0v) is 19.6. The first-order chi connectivity index (χ1) is 14.3. The summed E-state index contributed by atoms with van der Waals surface area (Å²) in [4.78, 5) is 12.3. The van der Waals surface area contributed by atoms with E-state index in [2.05, 4.69) is 65.1 Å². The van der Waals surface area contributed by atoms with Crippen LogP contribution in [-0.4, -0.2) is 46.2 Å². The summed E-state index contributed by atoms with van der Waals surface area (Å²) in [7, 11) is 1.64. The molecule has 1 heterocycles. The van der Waals surface area contributed by atoms with Gasteiger partial charge in [0, 0.05) is 24.8 Å². The second-order valence-corrected chi connectivity index (χ2v) is 10.1. The maximum Gasteiger partial charge on any atom is 0.230 e. The largest absolute Gasteiger partial charge is 0.383 e. The van der Waals surface area contributed by atoms with Crippen LogP contribution in [0.4, 0.5) is 0 Å². The molecule has 7 heteroatoms. The number of nitrogens with one attached hydrogen (secondary N) is 1. The number of methoxy groups -OCH3 is 1. The summed E-state index contributed by atoms with van der Waals surface area (Å²) in [5.74, 6) is 1.21. The number of carbonyl (C=O) groups is 1. The van der Waals surface area contributed by atoms with Gasteiger partial charge in [0.2, 0.25) is 5.91 Å². The number of ether oxygens (including phenoxy) is 1. The second kappa shape index (κ2) is 9.96. The van der Waals surface area contributed by atoms with Crippen molar-refractivity contribution in [3.05, 3.63) is 29.8 Å². The van der Waals surface area contributed by atoms with Gasteiger partial charge in [0.25, 0.3) is 0 Å². The Kier molecular flexibility index (Phi) is 7.58. The van der Waals surface area contributed by atoms with Crippen LogP contribution < -0.4 is 5.32 Å². The van der Waals surface area contributed by atoms with Crippen LogP contribution in [0.1, 0.15) is 65.0 Å². The number of benzene rings is 1. The molecule has 1 aliphatic carbocycles. The fourth-order valence-electron chi connectivity index (χ4n) is 3.92. The highest BCUT2D eigenvalue weighted by molar-refractivity contribution is 7.99. The third kappa shape index (κ3) is 5.64. The molecule has 1 aromatic heterocycles. The summed E-state index contributed by atoms with van der Waals surface area (Å²) < 4.78 is 7.35. The fourth-order valence-corrected chi connectivity index (χ4v) is 4.74. The van der Waals surface area contributed by atoms with E-state index < -0.39 is 0 Å². The molecule has 1 saturated carbocycles. The van der Waals surface area contributed by atoms with Crippen LogP contribution in [0, 0.1) is 0 Å². The lowest BCUT2D eigenvalue weighted by Crippen LogP contribution is -2.36. The Morgan fingerprint density at radius 2 is 1.90 bits per heavy atom. The molecule has 0 unspecified atom stereocenters. The van der Waals surface area contributed by atoms with E-state index in [0.29, 0.717) is 18.4 Å². The monoisotopic (exact) mass is 430 g/mol. The van der Waals surface area contributed by atoms with Crippen LogP contribution in [0.25, 0.3) is 11.4 Å². The molecule has 6 nitrogen and oxygen atoms in total. The van der Waals surface area contributed by atoms with Gasteiger partial charge >= 0.3 is 0 Å². The summed E-state index contributed by atoms with van der Waals surface area (Å²) in [6, 6.07) is 9.04. The van der Waals surface area contributed by atoms with Gasteiger partial charge in [-0.3, -0.25) is 9.36 Å². The smallest absolute Gasteiger partial charge is 0.230 e. The van der Waals surface area contributed by atoms with Gasteiger partial charge in [-0.2, -0.15) is 0 Å². The van der Waals surface area contributed by atoms with Crippen molar-refractivity contribution in [3.8, 4) is 11.4 Å². The Bertz CT molecular complexity index is 836. The lowest BCUT2D eigenvalue weighted by Gasteiger charge is -2.20. The molecule has 164 valence electrons. The minimum absolute atomic E-state index is 0.00676. The summed E-state index contributed by atoms with van der Waals surface area (Å²) >= 11 is 1.46. The molecule has 3 rings (SSSR count). The van der Waals surface area contributed by atoms with Crippen molar-refractivity contribution in [2.75, 3.05) is 19.5 Å². The van der Waals surface area contributed by atoms with E-state index in [4.69, 9.17) is 4.74 Å². The molecule has 0 aliphatic heterocycles. The van der Waals surface area contributed by atoms with Gasteiger partial charge in [-0.15, -0.1) is 10.2 Å². The lowest BCUT2D eigenvalue weighted by molar-refractivity contribution is -0.119. The van der Waals surface area contributed by atoms with Crippen molar-refractivity contribution in [1.29, 1.82) is 0 Å². The van der Waals surface area contributed by atoms with E-state index in [1.165, 1.54) is 30.2 Å². The average Bonchev–Trinajstić information content (AvgIpc) is 3.35. The molecule has 1 aromatic carbocycles. The Balaban J connectivity index is 1.80. The van der Waals surface area contributed by atoms with Crippen molar-refractivity contribution in [1.82, 2.24) is 20.1 Å². The van der Waals surface area contributed by atoms with E-state index in [0.717, 1.165) is 29.4 Å². The molecule has 0 bridgehead atoms. The van der Waals surface area contributed by atoms with Crippen LogP contribution in [0.15, 0.2) is 29.4 Å². The second-order valence-electron chi connectivity index (χ2n) is 9.15. The third-order valence-corrected chi connectivity index (χ3v) is 6.46. The lowest BCUT2D eigenvalue weighted by atomic mass is 9.86. The van der Waals surface area contributed by atoms with Crippen molar-refractivity contribution in [3.63, 3.8) is 0 Å². The first-order valence-electron chi connectivity index (χ1n) is 10.8.